The second-order valence-electron chi connectivity index (χ2n) is 6.48. The fourth-order valence-electron chi connectivity index (χ4n) is 3.12. The highest BCUT2D eigenvalue weighted by Gasteiger charge is 2.28. The van der Waals surface area contributed by atoms with Gasteiger partial charge in [0.15, 0.2) is 11.6 Å². The van der Waals surface area contributed by atoms with Crippen molar-refractivity contribution in [3.63, 3.8) is 0 Å². The molecule has 0 spiro atoms. The molecule has 148 valence electrons. The molecule has 0 fully saturated rings. The third-order valence-corrected chi connectivity index (χ3v) is 5.89. The van der Waals surface area contributed by atoms with Gasteiger partial charge in [-0.15, -0.1) is 0 Å². The molecule has 3 heterocycles. The van der Waals surface area contributed by atoms with Crippen LogP contribution in [0.25, 0.3) is 11.4 Å². The Morgan fingerprint density at radius 2 is 2.10 bits per heavy atom. The highest BCUT2D eigenvalue weighted by atomic mass is 35.5. The maximum atomic E-state index is 11.4. The summed E-state index contributed by atoms with van der Waals surface area (Å²) in [4.78, 5) is 24.9. The molecule has 2 aromatic heterocycles. The number of aliphatic hydroxyl groups excluding tert-OH is 1. The first-order valence-corrected chi connectivity index (χ1v) is 10.2. The van der Waals surface area contributed by atoms with E-state index in [2.05, 4.69) is 15.0 Å². The molecule has 0 saturated carbocycles. The number of benzene rings is 1. The van der Waals surface area contributed by atoms with Crippen molar-refractivity contribution in [2.24, 2.45) is 5.73 Å². The van der Waals surface area contributed by atoms with Gasteiger partial charge in [-0.2, -0.15) is 4.98 Å². The molecule has 1 amide bonds. The molecule has 7 nitrogen and oxygen atoms in total. The maximum absolute atomic E-state index is 11.4. The Bertz CT molecular complexity index is 1120. The molecule has 1 aliphatic rings. The van der Waals surface area contributed by atoms with Gasteiger partial charge >= 0.3 is 0 Å². The lowest BCUT2D eigenvalue weighted by Gasteiger charge is -2.24. The van der Waals surface area contributed by atoms with Crippen LogP contribution in [-0.2, 0) is 17.8 Å². The topological polar surface area (TPSA) is 111 Å². The van der Waals surface area contributed by atoms with Crippen LogP contribution in [0.3, 0.4) is 0 Å². The van der Waals surface area contributed by atoms with Gasteiger partial charge < -0.3 is 15.6 Å². The molecule has 0 unspecified atom stereocenters. The van der Waals surface area contributed by atoms with E-state index in [9.17, 15) is 9.90 Å². The molecule has 0 saturated heterocycles. The van der Waals surface area contributed by atoms with Crippen LogP contribution in [0.1, 0.15) is 22.4 Å². The summed E-state index contributed by atoms with van der Waals surface area (Å²) < 4.78 is 6.10. The van der Waals surface area contributed by atoms with Crippen molar-refractivity contribution in [3.8, 4) is 23.0 Å². The van der Waals surface area contributed by atoms with E-state index in [4.69, 9.17) is 22.1 Å². The van der Waals surface area contributed by atoms with E-state index in [0.29, 0.717) is 50.7 Å². The maximum Gasteiger partial charge on any atom is 0.227 e. The van der Waals surface area contributed by atoms with Gasteiger partial charge in [0.1, 0.15) is 5.03 Å². The number of aromatic nitrogens is 3. The molecule has 0 atom stereocenters. The molecule has 29 heavy (non-hydrogen) atoms. The molecule has 0 radical (unpaired) electrons. The number of nitrogens with zero attached hydrogens (tertiary/aromatic N) is 3. The number of carbonyl (C=O) groups is 1. The number of fused-ring (bicyclic) bond motifs is 2. The third-order valence-electron chi connectivity index (χ3n) is 4.52. The van der Waals surface area contributed by atoms with E-state index in [1.165, 1.54) is 11.8 Å². The number of pyridine rings is 1. The number of aryl methyl sites for hydroxylation is 1. The van der Waals surface area contributed by atoms with Gasteiger partial charge in [0, 0.05) is 29.3 Å². The van der Waals surface area contributed by atoms with Gasteiger partial charge in [0.25, 0.3) is 0 Å². The minimum absolute atomic E-state index is 0.0699. The number of nitrogens with two attached hydrogens (primary N) is 1. The van der Waals surface area contributed by atoms with E-state index in [0.717, 1.165) is 11.1 Å². The Morgan fingerprint density at radius 1 is 1.31 bits per heavy atom. The summed E-state index contributed by atoms with van der Waals surface area (Å²) in [5.41, 5.74) is 8.94. The molecule has 1 aliphatic heterocycles. The Kier molecular flexibility index (Phi) is 5.40. The van der Waals surface area contributed by atoms with Crippen molar-refractivity contribution in [2.45, 2.75) is 25.0 Å². The minimum atomic E-state index is -0.449. The van der Waals surface area contributed by atoms with Crippen LogP contribution in [-0.4, -0.2) is 31.7 Å². The van der Waals surface area contributed by atoms with E-state index < -0.39 is 5.91 Å². The predicted octanol–water partition coefficient (Wildman–Crippen LogP) is 3.27. The molecule has 3 N–H and O–H groups in total. The largest absolute Gasteiger partial charge is 0.436 e. The number of ether oxygens (including phenoxy) is 1. The third kappa shape index (κ3) is 3.78. The van der Waals surface area contributed by atoms with Gasteiger partial charge in [0.2, 0.25) is 11.8 Å². The van der Waals surface area contributed by atoms with Crippen LogP contribution >= 0.6 is 23.4 Å². The zero-order valence-electron chi connectivity index (χ0n) is 15.5. The summed E-state index contributed by atoms with van der Waals surface area (Å²) in [6.07, 6.45) is 2.09. The molecule has 1 aromatic carbocycles. The number of primary amides is 1. The zero-order valence-corrected chi connectivity index (χ0v) is 17.0. The van der Waals surface area contributed by atoms with Crippen molar-refractivity contribution in [1.29, 1.82) is 0 Å². The molecule has 4 rings (SSSR count). The van der Waals surface area contributed by atoms with Crippen molar-refractivity contribution in [3.05, 3.63) is 57.9 Å². The first kappa shape index (κ1) is 19.6. The minimum Gasteiger partial charge on any atom is -0.436 e. The molecular formula is C20H17ClN4O3S. The summed E-state index contributed by atoms with van der Waals surface area (Å²) in [6.45, 7) is 1.68. The summed E-state index contributed by atoms with van der Waals surface area (Å²) in [7, 11) is 0. The lowest BCUT2D eigenvalue weighted by molar-refractivity contribution is -0.115. The average molecular weight is 429 g/mol. The van der Waals surface area contributed by atoms with Crippen molar-refractivity contribution in [1.82, 2.24) is 15.0 Å². The number of hydrogen-bond acceptors (Lipinski definition) is 7. The summed E-state index contributed by atoms with van der Waals surface area (Å²) in [5, 5.41) is 10.8. The van der Waals surface area contributed by atoms with Gasteiger partial charge in [-0.1, -0.05) is 35.5 Å². The molecule has 9 heteroatoms. The van der Waals surface area contributed by atoms with Crippen LogP contribution in [0, 0.1) is 6.92 Å². The standard InChI is InChI=1S/C20H17ClN4O3S/c1-10-17-13(11(8-26)7-23-10)6-14-19(28-17)24-18(12-4-2-3-5-15(12)21)25-20(14)29-9-16(22)27/h2-5,7,26H,6,8-9H2,1H3,(H2,22,27). The van der Waals surface area contributed by atoms with Crippen molar-refractivity contribution < 1.29 is 14.6 Å². The number of halogens is 1. The monoisotopic (exact) mass is 428 g/mol. The van der Waals surface area contributed by atoms with Crippen LogP contribution in [0.15, 0.2) is 35.5 Å². The number of rotatable bonds is 5. The van der Waals surface area contributed by atoms with E-state index >= 15 is 0 Å². The Hall–Kier alpha value is -2.68. The molecule has 0 bridgehead atoms. The van der Waals surface area contributed by atoms with Crippen molar-refractivity contribution in [2.75, 3.05) is 5.75 Å². The summed E-state index contributed by atoms with van der Waals surface area (Å²) in [5.74, 6) is 0.984. The Labute approximate surface area is 176 Å². The predicted molar refractivity (Wildman–Crippen MR) is 110 cm³/mol. The second kappa shape index (κ2) is 7.98. The first-order chi connectivity index (χ1) is 14.0. The Morgan fingerprint density at radius 3 is 2.83 bits per heavy atom. The highest BCUT2D eigenvalue weighted by Crippen LogP contribution is 2.43. The molecule has 0 aliphatic carbocycles. The average Bonchev–Trinajstić information content (AvgIpc) is 2.71. The number of amides is 1. The Balaban J connectivity index is 1.87. The second-order valence-corrected chi connectivity index (χ2v) is 7.86. The summed E-state index contributed by atoms with van der Waals surface area (Å²) in [6, 6.07) is 7.25. The lowest BCUT2D eigenvalue weighted by Crippen LogP contribution is -2.16. The van der Waals surface area contributed by atoms with E-state index in [1.54, 1.807) is 12.3 Å². The number of hydrogen-bond donors (Lipinski definition) is 2. The SMILES string of the molecule is Cc1ncc(CO)c2c1Oc1nc(-c3ccccc3Cl)nc(SCC(N)=O)c1C2. The fourth-order valence-corrected chi connectivity index (χ4v) is 4.10. The zero-order chi connectivity index (χ0) is 20.5. The number of carbonyl (C=O) groups excluding carboxylic acids is 1. The first-order valence-electron chi connectivity index (χ1n) is 8.81. The molecule has 3 aromatic rings. The highest BCUT2D eigenvalue weighted by molar-refractivity contribution is 7.99. The van der Waals surface area contributed by atoms with E-state index in [1.807, 2.05) is 25.1 Å². The van der Waals surface area contributed by atoms with Gasteiger partial charge in [-0.3, -0.25) is 9.78 Å². The number of aliphatic hydroxyl groups is 1. The summed E-state index contributed by atoms with van der Waals surface area (Å²) >= 11 is 7.55. The fraction of sp³-hybridized carbons (Fsp3) is 0.200. The molecular weight excluding hydrogens is 412 g/mol. The smallest absolute Gasteiger partial charge is 0.227 e. The number of thioether (sulfide) groups is 1. The van der Waals surface area contributed by atoms with Crippen molar-refractivity contribution >= 4 is 29.3 Å². The van der Waals surface area contributed by atoms with Gasteiger partial charge in [-0.25, -0.2) is 4.98 Å². The normalized spacial score (nSPS) is 12.1. The van der Waals surface area contributed by atoms with Gasteiger partial charge in [-0.05, 0) is 19.1 Å². The van der Waals surface area contributed by atoms with Gasteiger partial charge in [0.05, 0.1) is 28.6 Å². The quantitative estimate of drug-likeness (QED) is 0.370. The van der Waals surface area contributed by atoms with Crippen LogP contribution < -0.4 is 10.5 Å². The van der Waals surface area contributed by atoms with Crippen LogP contribution in [0.4, 0.5) is 0 Å². The van der Waals surface area contributed by atoms with Crippen LogP contribution in [0.5, 0.6) is 11.6 Å². The van der Waals surface area contributed by atoms with E-state index in [-0.39, 0.29) is 12.4 Å². The van der Waals surface area contributed by atoms with Crippen LogP contribution in [0.2, 0.25) is 5.02 Å². The lowest BCUT2D eigenvalue weighted by atomic mass is 9.99.